The number of hydrogen-bond acceptors (Lipinski definition) is 5. The Morgan fingerprint density at radius 3 is 2.54 bits per heavy atom. The summed E-state index contributed by atoms with van der Waals surface area (Å²) < 4.78 is 10.5. The van der Waals surface area contributed by atoms with Crippen LogP contribution in [0.5, 0.6) is 11.5 Å². The molecule has 144 valence electrons. The van der Waals surface area contributed by atoms with Gasteiger partial charge in [-0.3, -0.25) is 4.79 Å². The summed E-state index contributed by atoms with van der Waals surface area (Å²) in [6.45, 7) is 4.10. The Hall–Kier alpha value is -3.54. The minimum absolute atomic E-state index is 0.266. The predicted octanol–water partition coefficient (Wildman–Crippen LogP) is 4.71. The molecule has 2 aromatic carbocycles. The molecular weight excluding hydrogens is 354 g/mol. The number of pyridine rings is 1. The van der Waals surface area contributed by atoms with Gasteiger partial charge in [0.15, 0.2) is 0 Å². The van der Waals surface area contributed by atoms with Crippen LogP contribution in [0.3, 0.4) is 0 Å². The lowest BCUT2D eigenvalue weighted by molar-refractivity contribution is 0.102. The van der Waals surface area contributed by atoms with Crippen molar-refractivity contribution in [1.29, 1.82) is 0 Å². The van der Waals surface area contributed by atoms with E-state index in [4.69, 9.17) is 9.47 Å². The second-order valence-corrected chi connectivity index (χ2v) is 6.32. The number of nitrogens with one attached hydrogen (secondary N) is 2. The number of nitrogens with zero attached hydrogens (tertiary/aromatic N) is 1. The van der Waals surface area contributed by atoms with Crippen LogP contribution in [0, 0.1) is 13.8 Å². The molecule has 3 rings (SSSR count). The van der Waals surface area contributed by atoms with Gasteiger partial charge < -0.3 is 20.1 Å². The van der Waals surface area contributed by atoms with Gasteiger partial charge in [0.05, 0.1) is 19.9 Å². The van der Waals surface area contributed by atoms with Crippen LogP contribution in [0.2, 0.25) is 0 Å². The molecule has 0 saturated carbocycles. The Balaban J connectivity index is 1.82. The molecule has 2 N–H and O–H groups in total. The molecule has 1 heterocycles. The minimum atomic E-state index is -0.266. The minimum Gasteiger partial charge on any atom is -0.497 e. The Morgan fingerprint density at radius 1 is 0.964 bits per heavy atom. The Kier molecular flexibility index (Phi) is 5.79. The SMILES string of the molecule is COc1ccc(OC)c(NC(=O)c2ccnc(Nc3cccc(C)c3C)c2)c1. The first-order valence-corrected chi connectivity index (χ1v) is 8.84. The molecular formula is C22H23N3O3. The van der Waals surface area contributed by atoms with E-state index in [9.17, 15) is 4.79 Å². The largest absolute Gasteiger partial charge is 0.497 e. The molecule has 3 aromatic rings. The number of ether oxygens (including phenoxy) is 2. The zero-order valence-corrected chi connectivity index (χ0v) is 16.4. The molecule has 0 saturated heterocycles. The summed E-state index contributed by atoms with van der Waals surface area (Å²) in [4.78, 5) is 17.1. The van der Waals surface area contributed by atoms with E-state index >= 15 is 0 Å². The Morgan fingerprint density at radius 2 is 1.79 bits per heavy atom. The molecule has 0 fully saturated rings. The molecule has 0 bridgehead atoms. The summed E-state index contributed by atoms with van der Waals surface area (Å²) in [5.41, 5.74) is 4.30. The Labute approximate surface area is 164 Å². The zero-order chi connectivity index (χ0) is 20.1. The third-order valence-electron chi connectivity index (χ3n) is 4.54. The lowest BCUT2D eigenvalue weighted by Crippen LogP contribution is -2.13. The number of benzene rings is 2. The van der Waals surface area contributed by atoms with E-state index in [-0.39, 0.29) is 5.91 Å². The summed E-state index contributed by atoms with van der Waals surface area (Å²) >= 11 is 0. The molecule has 6 nitrogen and oxygen atoms in total. The van der Waals surface area contributed by atoms with E-state index in [2.05, 4.69) is 28.6 Å². The van der Waals surface area contributed by atoms with Gasteiger partial charge in [0.1, 0.15) is 17.3 Å². The van der Waals surface area contributed by atoms with Gasteiger partial charge in [-0.1, -0.05) is 12.1 Å². The molecule has 0 aliphatic heterocycles. The van der Waals surface area contributed by atoms with E-state index in [1.54, 1.807) is 50.7 Å². The summed E-state index contributed by atoms with van der Waals surface area (Å²) in [6, 6.07) is 14.6. The second-order valence-electron chi connectivity index (χ2n) is 6.32. The molecule has 28 heavy (non-hydrogen) atoms. The smallest absolute Gasteiger partial charge is 0.255 e. The highest BCUT2D eigenvalue weighted by atomic mass is 16.5. The number of rotatable bonds is 6. The van der Waals surface area contributed by atoms with E-state index in [1.165, 1.54) is 5.56 Å². The van der Waals surface area contributed by atoms with Crippen LogP contribution in [0.25, 0.3) is 0 Å². The van der Waals surface area contributed by atoms with Crippen molar-refractivity contribution in [3.05, 3.63) is 71.4 Å². The van der Waals surface area contributed by atoms with Crippen LogP contribution in [0.1, 0.15) is 21.5 Å². The number of aromatic nitrogens is 1. The van der Waals surface area contributed by atoms with Gasteiger partial charge in [-0.05, 0) is 55.3 Å². The number of methoxy groups -OCH3 is 2. The van der Waals surface area contributed by atoms with Crippen LogP contribution >= 0.6 is 0 Å². The lowest BCUT2D eigenvalue weighted by Gasteiger charge is -2.13. The van der Waals surface area contributed by atoms with Crippen LogP contribution in [-0.4, -0.2) is 25.1 Å². The fourth-order valence-electron chi connectivity index (χ4n) is 2.77. The third kappa shape index (κ3) is 4.23. The first-order valence-electron chi connectivity index (χ1n) is 8.84. The van der Waals surface area contributed by atoms with Crippen LogP contribution in [-0.2, 0) is 0 Å². The monoisotopic (exact) mass is 377 g/mol. The molecule has 1 amide bonds. The van der Waals surface area contributed by atoms with Gasteiger partial charge in [0, 0.05) is 23.5 Å². The van der Waals surface area contributed by atoms with Crippen molar-refractivity contribution in [3.8, 4) is 11.5 Å². The van der Waals surface area contributed by atoms with Gasteiger partial charge in [-0.2, -0.15) is 0 Å². The van der Waals surface area contributed by atoms with Gasteiger partial charge in [0.2, 0.25) is 0 Å². The van der Waals surface area contributed by atoms with Gasteiger partial charge in [-0.25, -0.2) is 4.98 Å². The standard InChI is InChI=1S/C22H23N3O3/c1-14-6-5-7-18(15(14)2)24-21-12-16(10-11-23-21)22(26)25-19-13-17(27-3)8-9-20(19)28-4/h5-13H,1-4H3,(H,23,24)(H,25,26). The van der Waals surface area contributed by atoms with Crippen molar-refractivity contribution < 1.29 is 14.3 Å². The molecule has 0 atom stereocenters. The highest BCUT2D eigenvalue weighted by Gasteiger charge is 2.12. The topological polar surface area (TPSA) is 72.5 Å². The predicted molar refractivity (Wildman–Crippen MR) is 111 cm³/mol. The first-order chi connectivity index (χ1) is 13.5. The molecule has 0 spiro atoms. The van der Waals surface area contributed by atoms with E-state index in [1.807, 2.05) is 19.1 Å². The fourth-order valence-corrected chi connectivity index (χ4v) is 2.77. The summed E-state index contributed by atoms with van der Waals surface area (Å²) in [7, 11) is 3.12. The normalized spacial score (nSPS) is 10.3. The molecule has 0 aliphatic rings. The van der Waals surface area contributed by atoms with Gasteiger partial charge in [0.25, 0.3) is 5.91 Å². The quantitative estimate of drug-likeness (QED) is 0.651. The first kappa shape index (κ1) is 19.2. The average molecular weight is 377 g/mol. The van der Waals surface area contributed by atoms with E-state index in [0.29, 0.717) is 28.6 Å². The number of carbonyl (C=O) groups is 1. The number of amides is 1. The van der Waals surface area contributed by atoms with Crippen molar-refractivity contribution in [3.63, 3.8) is 0 Å². The second kappa shape index (κ2) is 8.43. The number of hydrogen-bond donors (Lipinski definition) is 2. The fraction of sp³-hybridized carbons (Fsp3) is 0.182. The third-order valence-corrected chi connectivity index (χ3v) is 4.54. The summed E-state index contributed by atoms with van der Waals surface area (Å²) in [5, 5.41) is 6.14. The highest BCUT2D eigenvalue weighted by molar-refractivity contribution is 6.05. The maximum absolute atomic E-state index is 12.7. The average Bonchev–Trinajstić information content (AvgIpc) is 2.71. The maximum atomic E-state index is 12.7. The van der Waals surface area contributed by atoms with Crippen molar-refractivity contribution >= 4 is 23.1 Å². The van der Waals surface area contributed by atoms with Crippen molar-refractivity contribution in [2.24, 2.45) is 0 Å². The molecule has 6 heteroatoms. The number of aryl methyl sites for hydroxylation is 1. The lowest BCUT2D eigenvalue weighted by atomic mass is 10.1. The summed E-state index contributed by atoms with van der Waals surface area (Å²) in [6.07, 6.45) is 1.60. The molecule has 0 unspecified atom stereocenters. The highest BCUT2D eigenvalue weighted by Crippen LogP contribution is 2.29. The number of anilines is 3. The van der Waals surface area contributed by atoms with E-state index < -0.39 is 0 Å². The van der Waals surface area contributed by atoms with E-state index in [0.717, 1.165) is 11.3 Å². The van der Waals surface area contributed by atoms with Crippen LogP contribution < -0.4 is 20.1 Å². The zero-order valence-electron chi connectivity index (χ0n) is 16.4. The Bertz CT molecular complexity index is 1000. The number of carbonyl (C=O) groups excluding carboxylic acids is 1. The van der Waals surface area contributed by atoms with Crippen molar-refractivity contribution in [2.75, 3.05) is 24.9 Å². The van der Waals surface area contributed by atoms with Crippen molar-refractivity contribution in [2.45, 2.75) is 13.8 Å². The van der Waals surface area contributed by atoms with Gasteiger partial charge >= 0.3 is 0 Å². The molecule has 0 aliphatic carbocycles. The summed E-state index contributed by atoms with van der Waals surface area (Å²) in [5.74, 6) is 1.51. The van der Waals surface area contributed by atoms with Crippen LogP contribution in [0.4, 0.5) is 17.2 Å². The molecule has 0 radical (unpaired) electrons. The van der Waals surface area contributed by atoms with Gasteiger partial charge in [-0.15, -0.1) is 0 Å². The molecule has 1 aromatic heterocycles. The van der Waals surface area contributed by atoms with Crippen molar-refractivity contribution in [1.82, 2.24) is 4.98 Å². The van der Waals surface area contributed by atoms with Crippen LogP contribution in [0.15, 0.2) is 54.7 Å². The maximum Gasteiger partial charge on any atom is 0.255 e.